The van der Waals surface area contributed by atoms with Gasteiger partial charge in [0.1, 0.15) is 6.07 Å². The summed E-state index contributed by atoms with van der Waals surface area (Å²) in [5, 5.41) is 9.14. The molecule has 0 bridgehead atoms. The molecule has 1 aromatic rings. The van der Waals surface area contributed by atoms with Crippen LogP contribution < -0.4 is 0 Å². The Kier molecular flexibility index (Phi) is 1.93. The van der Waals surface area contributed by atoms with Crippen LogP contribution in [0.25, 0.3) is 0 Å². The average Bonchev–Trinajstić information content (AvgIpc) is 1.88. The summed E-state index contributed by atoms with van der Waals surface area (Å²) in [6.07, 6.45) is 1.53. The second kappa shape index (κ2) is 2.72. The van der Waals surface area contributed by atoms with Gasteiger partial charge in [-0.25, -0.2) is 4.98 Å². The van der Waals surface area contributed by atoms with E-state index in [0.29, 0.717) is 10.6 Å². The summed E-state index contributed by atoms with van der Waals surface area (Å²) in [5.41, 5.74) is 1.53. The van der Waals surface area contributed by atoms with Crippen LogP contribution in [-0.2, 0) is 0 Å². The van der Waals surface area contributed by atoms with Crippen molar-refractivity contribution in [3.8, 4) is 6.07 Å². The topological polar surface area (TPSA) is 36.7 Å². The van der Waals surface area contributed by atoms with Gasteiger partial charge in [-0.1, -0.05) is 0 Å². The number of rotatable bonds is 0. The van der Waals surface area contributed by atoms with Crippen molar-refractivity contribution < 1.29 is 0 Å². The summed E-state index contributed by atoms with van der Waals surface area (Å²) in [6, 6.07) is 3.79. The lowest BCUT2D eigenvalue weighted by molar-refractivity contribution is 1.11. The van der Waals surface area contributed by atoms with Crippen LogP contribution in [0.15, 0.2) is 17.3 Å². The van der Waals surface area contributed by atoms with Crippen LogP contribution in [0.5, 0.6) is 0 Å². The molecule has 0 spiro atoms. The van der Waals surface area contributed by atoms with Gasteiger partial charge in [-0.2, -0.15) is 5.26 Å². The van der Waals surface area contributed by atoms with Gasteiger partial charge in [0.25, 0.3) is 0 Å². The van der Waals surface area contributed by atoms with Crippen LogP contribution in [0, 0.1) is 18.3 Å². The van der Waals surface area contributed by atoms with Crippen LogP contribution in [0.2, 0.25) is 0 Å². The fourth-order valence-corrected chi connectivity index (χ4v) is 0.910. The highest BCUT2D eigenvalue weighted by atomic mass is 32.1. The predicted octanol–water partition coefficient (Wildman–Crippen LogP) is 1.55. The van der Waals surface area contributed by atoms with Gasteiger partial charge in [0.05, 0.1) is 10.6 Å². The highest BCUT2D eigenvalue weighted by Gasteiger charge is 1.95. The molecule has 0 unspecified atom stereocenters. The summed E-state index contributed by atoms with van der Waals surface area (Å²) in [5.74, 6) is 0. The molecule has 0 saturated heterocycles. The van der Waals surface area contributed by atoms with Crippen molar-refractivity contribution in [2.24, 2.45) is 0 Å². The lowest BCUT2D eigenvalue weighted by Crippen LogP contribution is -1.84. The fourth-order valence-electron chi connectivity index (χ4n) is 0.658. The van der Waals surface area contributed by atoms with E-state index in [9.17, 15) is 0 Å². The molecule has 1 aromatic heterocycles. The molecule has 0 saturated carbocycles. The van der Waals surface area contributed by atoms with E-state index in [1.165, 1.54) is 6.20 Å². The fraction of sp³-hybridized carbons (Fsp3) is 0.143. The summed E-state index contributed by atoms with van der Waals surface area (Å²) < 4.78 is 0. The summed E-state index contributed by atoms with van der Waals surface area (Å²) in [4.78, 5) is 3.85. The van der Waals surface area contributed by atoms with E-state index in [4.69, 9.17) is 5.26 Å². The van der Waals surface area contributed by atoms with Gasteiger partial charge >= 0.3 is 0 Å². The van der Waals surface area contributed by atoms with E-state index in [2.05, 4.69) is 17.6 Å². The van der Waals surface area contributed by atoms with Crippen molar-refractivity contribution in [1.29, 1.82) is 5.26 Å². The van der Waals surface area contributed by atoms with Crippen molar-refractivity contribution in [2.45, 2.75) is 11.9 Å². The molecular formula is C7H6N2S. The van der Waals surface area contributed by atoms with Crippen molar-refractivity contribution in [1.82, 2.24) is 4.98 Å². The summed E-state index contributed by atoms with van der Waals surface area (Å²) >= 11 is 4.02. The molecule has 0 atom stereocenters. The first-order valence-electron chi connectivity index (χ1n) is 2.80. The summed E-state index contributed by atoms with van der Waals surface area (Å²) in [6.45, 7) is 1.86. The minimum Gasteiger partial charge on any atom is -0.249 e. The van der Waals surface area contributed by atoms with Gasteiger partial charge in [0.2, 0.25) is 0 Å². The van der Waals surface area contributed by atoms with Gasteiger partial charge in [0, 0.05) is 6.20 Å². The largest absolute Gasteiger partial charge is 0.249 e. The second-order valence-electron chi connectivity index (χ2n) is 1.97. The molecule has 10 heavy (non-hydrogen) atoms. The van der Waals surface area contributed by atoms with Crippen molar-refractivity contribution >= 4 is 12.6 Å². The lowest BCUT2D eigenvalue weighted by atomic mass is 10.2. The molecule has 0 radical (unpaired) electrons. The highest BCUT2D eigenvalue weighted by molar-refractivity contribution is 7.80. The van der Waals surface area contributed by atoms with Gasteiger partial charge < -0.3 is 0 Å². The maximum absolute atomic E-state index is 8.49. The van der Waals surface area contributed by atoms with E-state index in [0.717, 1.165) is 5.56 Å². The highest BCUT2D eigenvalue weighted by Crippen LogP contribution is 2.08. The molecule has 0 aliphatic rings. The molecule has 0 aliphatic carbocycles. The standard InChI is InChI=1S/C7H6N2S/c1-5-2-7(10)9-4-6(5)3-8/h2,4H,1H3,(H,9,10). The Morgan fingerprint density at radius 2 is 2.40 bits per heavy atom. The van der Waals surface area contributed by atoms with Gasteiger partial charge in [-0.3, -0.25) is 0 Å². The van der Waals surface area contributed by atoms with Crippen LogP contribution in [0.1, 0.15) is 11.1 Å². The van der Waals surface area contributed by atoms with E-state index in [1.807, 2.05) is 13.0 Å². The van der Waals surface area contributed by atoms with Crippen LogP contribution >= 0.6 is 12.6 Å². The Morgan fingerprint density at radius 3 is 2.90 bits per heavy atom. The van der Waals surface area contributed by atoms with Crippen LogP contribution in [0.4, 0.5) is 0 Å². The zero-order chi connectivity index (χ0) is 7.56. The molecule has 0 amide bonds. The second-order valence-corrected chi connectivity index (χ2v) is 2.43. The number of aryl methyl sites for hydroxylation is 1. The number of aromatic nitrogens is 1. The SMILES string of the molecule is Cc1cc(S)ncc1C#N. The molecule has 50 valence electrons. The Hall–Kier alpha value is -1.01. The molecule has 0 aromatic carbocycles. The number of nitriles is 1. The first kappa shape index (κ1) is 7.10. The number of nitrogens with zero attached hydrogens (tertiary/aromatic N) is 2. The first-order chi connectivity index (χ1) is 4.74. The third-order valence-corrected chi connectivity index (χ3v) is 1.46. The Bertz CT molecular complexity index is 288. The lowest BCUT2D eigenvalue weighted by Gasteiger charge is -1.94. The van der Waals surface area contributed by atoms with Gasteiger partial charge in [-0.05, 0) is 18.6 Å². The quantitative estimate of drug-likeness (QED) is 0.570. The molecule has 3 heteroatoms. The van der Waals surface area contributed by atoms with Gasteiger partial charge in [-0.15, -0.1) is 12.6 Å². The van der Waals surface area contributed by atoms with Crippen molar-refractivity contribution in [3.63, 3.8) is 0 Å². The predicted molar refractivity (Wildman–Crippen MR) is 40.9 cm³/mol. The molecular weight excluding hydrogens is 144 g/mol. The van der Waals surface area contributed by atoms with E-state index in [1.54, 1.807) is 6.07 Å². The van der Waals surface area contributed by atoms with Gasteiger partial charge in [0.15, 0.2) is 0 Å². The van der Waals surface area contributed by atoms with Crippen molar-refractivity contribution in [3.05, 3.63) is 23.4 Å². The van der Waals surface area contributed by atoms with Crippen molar-refractivity contribution in [2.75, 3.05) is 0 Å². The molecule has 1 heterocycles. The zero-order valence-electron chi connectivity index (χ0n) is 5.50. The third-order valence-electron chi connectivity index (χ3n) is 1.22. The zero-order valence-corrected chi connectivity index (χ0v) is 6.39. The minimum absolute atomic E-state index is 0.609. The summed E-state index contributed by atoms with van der Waals surface area (Å²) in [7, 11) is 0. The Balaban J connectivity index is 3.23. The molecule has 0 N–H and O–H groups in total. The third kappa shape index (κ3) is 1.28. The molecule has 0 fully saturated rings. The van der Waals surface area contributed by atoms with Crippen LogP contribution in [-0.4, -0.2) is 4.98 Å². The van der Waals surface area contributed by atoms with Crippen LogP contribution in [0.3, 0.4) is 0 Å². The maximum atomic E-state index is 8.49. The Morgan fingerprint density at radius 1 is 1.70 bits per heavy atom. The molecule has 1 rings (SSSR count). The minimum atomic E-state index is 0.609. The monoisotopic (exact) mass is 150 g/mol. The normalized spacial score (nSPS) is 8.90. The molecule has 0 aliphatic heterocycles. The maximum Gasteiger partial charge on any atom is 0.101 e. The number of thiol groups is 1. The molecule has 2 nitrogen and oxygen atoms in total. The first-order valence-corrected chi connectivity index (χ1v) is 3.24. The number of pyridine rings is 1. The van der Waals surface area contributed by atoms with E-state index in [-0.39, 0.29) is 0 Å². The van der Waals surface area contributed by atoms with E-state index >= 15 is 0 Å². The number of hydrogen-bond acceptors (Lipinski definition) is 3. The number of hydrogen-bond donors (Lipinski definition) is 1. The van der Waals surface area contributed by atoms with E-state index < -0.39 is 0 Å². The Labute approximate surface area is 64.9 Å². The average molecular weight is 150 g/mol. The smallest absolute Gasteiger partial charge is 0.101 e.